The number of ether oxygens (including phenoxy) is 1. The van der Waals surface area contributed by atoms with Gasteiger partial charge in [0.1, 0.15) is 0 Å². The molecule has 2 N–H and O–H groups in total. The highest BCUT2D eigenvalue weighted by Crippen LogP contribution is 2.46. The average molecular weight is 418 g/mol. The number of nitrogens with zero attached hydrogens (tertiary/aromatic N) is 3. The van der Waals surface area contributed by atoms with Crippen molar-refractivity contribution in [1.82, 2.24) is 15.0 Å². The predicted octanol–water partition coefficient (Wildman–Crippen LogP) is 2.63. The Labute approximate surface area is 174 Å². The number of hydrogen-bond acceptors (Lipinski definition) is 7. The fourth-order valence-electron chi connectivity index (χ4n) is 3.93. The zero-order valence-electron chi connectivity index (χ0n) is 17.3. The molecule has 1 saturated carbocycles. The van der Waals surface area contributed by atoms with Gasteiger partial charge in [-0.25, -0.2) is 9.18 Å². The molecule has 0 unspecified atom stereocenters. The van der Waals surface area contributed by atoms with E-state index in [9.17, 15) is 14.3 Å². The maximum Gasteiger partial charge on any atom is 0.343 e. The minimum absolute atomic E-state index is 0.0128. The molecule has 2 fully saturated rings. The molecule has 0 bridgehead atoms. The van der Waals surface area contributed by atoms with Gasteiger partial charge < -0.3 is 29.5 Å². The number of piperazine rings is 1. The van der Waals surface area contributed by atoms with Crippen molar-refractivity contribution in [2.24, 2.45) is 5.41 Å². The van der Waals surface area contributed by atoms with E-state index >= 15 is 0 Å². The third-order valence-electron chi connectivity index (χ3n) is 6.06. The number of methoxy groups -OCH3 is 1. The summed E-state index contributed by atoms with van der Waals surface area (Å²) < 4.78 is 24.0. The highest BCUT2D eigenvalue weighted by Gasteiger charge is 2.44. The van der Waals surface area contributed by atoms with Crippen LogP contribution >= 0.6 is 0 Å². The van der Waals surface area contributed by atoms with Gasteiger partial charge in [0.25, 0.3) is 0 Å². The van der Waals surface area contributed by atoms with E-state index in [-0.39, 0.29) is 28.3 Å². The van der Waals surface area contributed by atoms with Crippen molar-refractivity contribution < 1.29 is 23.6 Å². The van der Waals surface area contributed by atoms with Crippen molar-refractivity contribution in [3.05, 3.63) is 29.6 Å². The Hall–Kier alpha value is -2.65. The van der Waals surface area contributed by atoms with E-state index in [0.29, 0.717) is 12.1 Å². The van der Waals surface area contributed by atoms with Crippen molar-refractivity contribution in [3.8, 4) is 17.1 Å². The number of benzene rings is 1. The van der Waals surface area contributed by atoms with Gasteiger partial charge >= 0.3 is 5.97 Å². The summed E-state index contributed by atoms with van der Waals surface area (Å²) in [7, 11) is 3.49. The lowest BCUT2D eigenvalue weighted by Crippen LogP contribution is -2.47. The van der Waals surface area contributed by atoms with Crippen LogP contribution in [0.4, 0.5) is 10.2 Å². The van der Waals surface area contributed by atoms with Gasteiger partial charge in [-0.3, -0.25) is 0 Å². The summed E-state index contributed by atoms with van der Waals surface area (Å²) in [6, 6.07) is 4.07. The third kappa shape index (κ3) is 4.27. The van der Waals surface area contributed by atoms with E-state index in [1.165, 1.54) is 25.3 Å². The van der Waals surface area contributed by atoms with Crippen LogP contribution in [0.3, 0.4) is 0 Å². The monoisotopic (exact) mass is 418 g/mol. The maximum absolute atomic E-state index is 13.7. The number of hydrogen-bond donors (Lipinski definition) is 2. The number of anilines is 1. The Bertz CT molecular complexity index is 920. The van der Waals surface area contributed by atoms with E-state index in [1.807, 2.05) is 0 Å². The minimum atomic E-state index is -1.15. The van der Waals surface area contributed by atoms with Gasteiger partial charge in [0.05, 0.1) is 7.11 Å². The fraction of sp³-hybridized carbons (Fsp3) is 0.524. The van der Waals surface area contributed by atoms with E-state index in [1.54, 1.807) is 0 Å². The largest absolute Gasteiger partial charge is 0.494 e. The molecule has 0 spiro atoms. The van der Waals surface area contributed by atoms with Crippen molar-refractivity contribution in [3.63, 3.8) is 0 Å². The van der Waals surface area contributed by atoms with Gasteiger partial charge in [-0.2, -0.15) is 0 Å². The van der Waals surface area contributed by atoms with E-state index in [4.69, 9.17) is 9.26 Å². The summed E-state index contributed by atoms with van der Waals surface area (Å²) in [5.41, 5.74) is 0.480. The Morgan fingerprint density at radius 1 is 1.33 bits per heavy atom. The maximum atomic E-state index is 13.7. The van der Waals surface area contributed by atoms with Crippen molar-refractivity contribution in [2.45, 2.75) is 12.8 Å². The zero-order valence-corrected chi connectivity index (χ0v) is 17.3. The topological polar surface area (TPSA) is 91.1 Å². The first kappa shape index (κ1) is 20.6. The Morgan fingerprint density at radius 2 is 2.07 bits per heavy atom. The lowest BCUT2D eigenvalue weighted by atomic mass is 10.0. The second-order valence-electron chi connectivity index (χ2n) is 8.32. The molecule has 9 heteroatoms. The van der Waals surface area contributed by atoms with Gasteiger partial charge in [0, 0.05) is 50.2 Å². The number of carbonyl (C=O) groups is 1. The second-order valence-corrected chi connectivity index (χ2v) is 8.32. The highest BCUT2D eigenvalue weighted by molar-refractivity contribution is 5.99. The SMILES string of the molecule is COc1cc(-c2onc(NCC3(CN4CCN(C)CC4)CC3)c2C(=O)O)ccc1F. The quantitative estimate of drug-likeness (QED) is 0.676. The summed E-state index contributed by atoms with van der Waals surface area (Å²) >= 11 is 0. The van der Waals surface area contributed by atoms with Crippen molar-refractivity contribution >= 4 is 11.8 Å². The summed E-state index contributed by atoms with van der Waals surface area (Å²) in [6.45, 7) is 5.88. The van der Waals surface area contributed by atoms with E-state index < -0.39 is 11.8 Å². The molecule has 4 rings (SSSR count). The first-order valence-electron chi connectivity index (χ1n) is 10.1. The smallest absolute Gasteiger partial charge is 0.343 e. The molecule has 1 aromatic carbocycles. The molecule has 0 atom stereocenters. The molecule has 1 aliphatic carbocycles. The number of rotatable bonds is 8. The number of halogens is 1. The molecule has 2 heterocycles. The Balaban J connectivity index is 1.48. The number of carboxylic acids is 1. The normalized spacial score (nSPS) is 18.9. The molecule has 162 valence electrons. The van der Waals surface area contributed by atoms with Crippen LogP contribution in [0.15, 0.2) is 22.7 Å². The van der Waals surface area contributed by atoms with Gasteiger partial charge in [-0.1, -0.05) is 5.16 Å². The van der Waals surface area contributed by atoms with Gasteiger partial charge in [-0.05, 0) is 38.1 Å². The number of aromatic nitrogens is 1. The molecule has 0 amide bonds. The first-order chi connectivity index (χ1) is 14.4. The summed E-state index contributed by atoms with van der Waals surface area (Å²) in [6.07, 6.45) is 2.21. The first-order valence-corrected chi connectivity index (χ1v) is 10.1. The molecular weight excluding hydrogens is 391 g/mol. The molecule has 0 radical (unpaired) electrons. The molecule has 2 aliphatic rings. The van der Waals surface area contributed by atoms with Crippen molar-refractivity contribution in [1.29, 1.82) is 0 Å². The van der Waals surface area contributed by atoms with E-state index in [0.717, 1.165) is 45.6 Å². The fourth-order valence-corrected chi connectivity index (χ4v) is 3.93. The van der Waals surface area contributed by atoms with Crippen LogP contribution in [0, 0.1) is 11.2 Å². The minimum Gasteiger partial charge on any atom is -0.494 e. The summed E-state index contributed by atoms with van der Waals surface area (Å²) in [4.78, 5) is 16.7. The second kappa shape index (κ2) is 8.23. The van der Waals surface area contributed by atoms with Crippen molar-refractivity contribution in [2.75, 3.05) is 58.7 Å². The number of aromatic carboxylic acids is 1. The van der Waals surface area contributed by atoms with Gasteiger partial charge in [0.15, 0.2) is 28.7 Å². The van der Waals surface area contributed by atoms with Crippen LogP contribution in [0.1, 0.15) is 23.2 Å². The highest BCUT2D eigenvalue weighted by atomic mass is 19.1. The number of likely N-dealkylation sites (N-methyl/N-ethyl adjacent to an activating group) is 1. The number of nitrogens with one attached hydrogen (secondary N) is 1. The molecular formula is C21H27FN4O4. The van der Waals surface area contributed by atoms with Crippen LogP contribution in [-0.4, -0.2) is 79.5 Å². The van der Waals surface area contributed by atoms with Crippen LogP contribution < -0.4 is 10.1 Å². The molecule has 8 nitrogen and oxygen atoms in total. The Morgan fingerprint density at radius 3 is 2.70 bits per heavy atom. The standard InChI is InChI=1S/C21H27FN4O4/c1-25-7-9-26(10-8-25)13-21(5-6-21)12-23-19-17(20(27)28)18(30-24-19)14-3-4-15(22)16(11-14)29-2/h3-4,11H,5-10,12-13H2,1-2H3,(H,23,24)(H,27,28). The zero-order chi connectivity index (χ0) is 21.3. The predicted molar refractivity (Wildman–Crippen MR) is 110 cm³/mol. The summed E-state index contributed by atoms with van der Waals surface area (Å²) in [5.74, 6) is -1.40. The third-order valence-corrected chi connectivity index (χ3v) is 6.06. The van der Waals surface area contributed by atoms with Crippen LogP contribution in [0.5, 0.6) is 5.75 Å². The van der Waals surface area contributed by atoms with Gasteiger partial charge in [-0.15, -0.1) is 0 Å². The lowest BCUT2D eigenvalue weighted by molar-refractivity contribution is 0.0698. The van der Waals surface area contributed by atoms with Crippen LogP contribution in [0.2, 0.25) is 0 Å². The molecule has 1 aliphatic heterocycles. The van der Waals surface area contributed by atoms with Crippen LogP contribution in [0.25, 0.3) is 11.3 Å². The number of carboxylic acid groups (broad SMARTS) is 1. The molecule has 1 aromatic heterocycles. The lowest BCUT2D eigenvalue weighted by Gasteiger charge is -2.34. The molecule has 1 saturated heterocycles. The summed E-state index contributed by atoms with van der Waals surface area (Å²) in [5, 5.41) is 16.9. The average Bonchev–Trinajstić information content (AvgIpc) is 3.35. The Kier molecular flexibility index (Phi) is 5.66. The van der Waals surface area contributed by atoms with E-state index in [2.05, 4.69) is 27.3 Å². The molecule has 30 heavy (non-hydrogen) atoms. The molecule has 2 aromatic rings. The van der Waals surface area contributed by atoms with Gasteiger partial charge in [0.2, 0.25) is 0 Å². The van der Waals surface area contributed by atoms with Crippen LogP contribution in [-0.2, 0) is 0 Å².